The lowest BCUT2D eigenvalue weighted by atomic mass is 10.2. The first-order valence-corrected chi connectivity index (χ1v) is 8.14. The molecule has 0 atom stereocenters. The predicted octanol–water partition coefficient (Wildman–Crippen LogP) is 4.53. The molecule has 122 valence electrons. The molecule has 1 N–H and O–H groups in total. The number of amides is 1. The summed E-state index contributed by atoms with van der Waals surface area (Å²) in [6, 6.07) is 9.09. The number of benzene rings is 1. The van der Waals surface area contributed by atoms with Crippen molar-refractivity contribution in [3.63, 3.8) is 0 Å². The molecule has 23 heavy (non-hydrogen) atoms. The molecule has 1 amide bonds. The smallest absolute Gasteiger partial charge is 0.274 e. The van der Waals surface area contributed by atoms with Crippen LogP contribution in [0.15, 0.2) is 36.5 Å². The van der Waals surface area contributed by atoms with Gasteiger partial charge in [-0.15, -0.1) is 0 Å². The number of carbonyl (C=O) groups is 1. The zero-order valence-corrected chi connectivity index (χ0v) is 14.5. The molecule has 0 saturated carbocycles. The SMILES string of the molecule is CCCCN(C)c1ccc(C(=O)Nc2cccc(Cl)c2C)nc1. The van der Waals surface area contributed by atoms with Crippen molar-refractivity contribution in [3.05, 3.63) is 52.8 Å². The Morgan fingerprint density at radius 3 is 2.74 bits per heavy atom. The third kappa shape index (κ3) is 4.45. The van der Waals surface area contributed by atoms with E-state index in [2.05, 4.69) is 22.1 Å². The molecule has 0 bridgehead atoms. The van der Waals surface area contributed by atoms with Gasteiger partial charge in [0.05, 0.1) is 11.9 Å². The number of halogens is 1. The van der Waals surface area contributed by atoms with Crippen molar-refractivity contribution in [1.29, 1.82) is 0 Å². The molecule has 5 heteroatoms. The van der Waals surface area contributed by atoms with Crippen molar-refractivity contribution in [3.8, 4) is 0 Å². The van der Waals surface area contributed by atoms with Gasteiger partial charge in [-0.2, -0.15) is 0 Å². The van der Waals surface area contributed by atoms with E-state index in [0.717, 1.165) is 30.6 Å². The Labute approximate surface area is 142 Å². The van der Waals surface area contributed by atoms with Crippen molar-refractivity contribution >= 4 is 28.9 Å². The Kier molecular flexibility index (Phi) is 5.99. The molecular formula is C18H22ClN3O. The monoisotopic (exact) mass is 331 g/mol. The fraction of sp³-hybridized carbons (Fsp3) is 0.333. The summed E-state index contributed by atoms with van der Waals surface area (Å²) in [5.74, 6) is -0.238. The van der Waals surface area contributed by atoms with Gasteiger partial charge in [-0.25, -0.2) is 4.98 Å². The Hall–Kier alpha value is -2.07. The number of nitrogens with zero attached hydrogens (tertiary/aromatic N) is 2. The summed E-state index contributed by atoms with van der Waals surface area (Å²) in [7, 11) is 2.03. The Balaban J connectivity index is 2.07. The normalized spacial score (nSPS) is 10.4. The molecule has 4 nitrogen and oxygen atoms in total. The summed E-state index contributed by atoms with van der Waals surface area (Å²) in [6.45, 7) is 5.01. The third-order valence-corrected chi connectivity index (χ3v) is 4.19. The summed E-state index contributed by atoms with van der Waals surface area (Å²) < 4.78 is 0. The van der Waals surface area contributed by atoms with Gasteiger partial charge in [0.15, 0.2) is 0 Å². The van der Waals surface area contributed by atoms with Crippen LogP contribution in [0.2, 0.25) is 5.02 Å². The van der Waals surface area contributed by atoms with E-state index in [4.69, 9.17) is 11.6 Å². The summed E-state index contributed by atoms with van der Waals surface area (Å²) in [4.78, 5) is 18.7. The number of carbonyl (C=O) groups excluding carboxylic acids is 1. The molecule has 0 aliphatic carbocycles. The minimum atomic E-state index is -0.238. The van der Waals surface area contributed by atoms with Gasteiger partial charge in [-0.1, -0.05) is 31.0 Å². The second-order valence-electron chi connectivity index (χ2n) is 5.54. The van der Waals surface area contributed by atoms with Crippen molar-refractivity contribution < 1.29 is 4.79 Å². The van der Waals surface area contributed by atoms with Crippen molar-refractivity contribution in [2.24, 2.45) is 0 Å². The maximum atomic E-state index is 12.3. The molecule has 1 aromatic carbocycles. The van der Waals surface area contributed by atoms with E-state index in [0.29, 0.717) is 16.4 Å². The van der Waals surface area contributed by atoms with Crippen LogP contribution in [0.5, 0.6) is 0 Å². The highest BCUT2D eigenvalue weighted by Crippen LogP contribution is 2.23. The van der Waals surface area contributed by atoms with E-state index >= 15 is 0 Å². The van der Waals surface area contributed by atoms with E-state index in [1.807, 2.05) is 32.2 Å². The van der Waals surface area contributed by atoms with Crippen LogP contribution in [-0.2, 0) is 0 Å². The number of aromatic nitrogens is 1. The van der Waals surface area contributed by atoms with Crippen LogP contribution in [0, 0.1) is 6.92 Å². The molecule has 0 saturated heterocycles. The highest BCUT2D eigenvalue weighted by molar-refractivity contribution is 6.31. The summed E-state index contributed by atoms with van der Waals surface area (Å²) in [6.07, 6.45) is 4.01. The van der Waals surface area contributed by atoms with Gasteiger partial charge in [-0.3, -0.25) is 4.79 Å². The number of unbranched alkanes of at least 4 members (excludes halogenated alkanes) is 1. The fourth-order valence-electron chi connectivity index (χ4n) is 2.20. The van der Waals surface area contributed by atoms with Gasteiger partial charge in [0.1, 0.15) is 5.69 Å². The molecule has 0 unspecified atom stereocenters. The van der Waals surface area contributed by atoms with Gasteiger partial charge in [0, 0.05) is 24.3 Å². The van der Waals surface area contributed by atoms with Crippen molar-refractivity contribution in [2.45, 2.75) is 26.7 Å². The van der Waals surface area contributed by atoms with Crippen molar-refractivity contribution in [2.75, 3.05) is 23.8 Å². The van der Waals surface area contributed by atoms with Gasteiger partial charge in [0.2, 0.25) is 0 Å². The van der Waals surface area contributed by atoms with Crippen LogP contribution >= 0.6 is 11.6 Å². The summed E-state index contributed by atoms with van der Waals surface area (Å²) in [5.41, 5.74) is 2.94. The minimum absolute atomic E-state index is 0.238. The van der Waals surface area contributed by atoms with E-state index in [-0.39, 0.29) is 5.91 Å². The zero-order valence-electron chi connectivity index (χ0n) is 13.8. The minimum Gasteiger partial charge on any atom is -0.373 e. The zero-order chi connectivity index (χ0) is 16.8. The number of hydrogen-bond acceptors (Lipinski definition) is 3. The molecule has 1 heterocycles. The van der Waals surface area contributed by atoms with E-state index < -0.39 is 0 Å². The summed E-state index contributed by atoms with van der Waals surface area (Å²) >= 11 is 6.07. The molecule has 0 fully saturated rings. The third-order valence-electron chi connectivity index (χ3n) is 3.78. The number of pyridine rings is 1. The first-order valence-electron chi connectivity index (χ1n) is 7.76. The van der Waals surface area contributed by atoms with Crippen LogP contribution < -0.4 is 10.2 Å². The quantitative estimate of drug-likeness (QED) is 0.845. The maximum Gasteiger partial charge on any atom is 0.274 e. The van der Waals surface area contributed by atoms with Gasteiger partial charge < -0.3 is 10.2 Å². The second-order valence-corrected chi connectivity index (χ2v) is 5.95. The van der Waals surface area contributed by atoms with E-state index in [9.17, 15) is 4.79 Å². The Bertz CT molecular complexity index is 670. The lowest BCUT2D eigenvalue weighted by molar-refractivity contribution is 0.102. The number of anilines is 2. The van der Waals surface area contributed by atoms with Gasteiger partial charge in [0.25, 0.3) is 5.91 Å². The van der Waals surface area contributed by atoms with Crippen molar-refractivity contribution in [1.82, 2.24) is 4.98 Å². The molecule has 1 aromatic heterocycles. The molecule has 0 aliphatic heterocycles. The Morgan fingerprint density at radius 2 is 2.09 bits per heavy atom. The van der Waals surface area contributed by atoms with Crippen LogP contribution in [-0.4, -0.2) is 24.5 Å². The number of nitrogens with one attached hydrogen (secondary N) is 1. The topological polar surface area (TPSA) is 45.2 Å². The highest BCUT2D eigenvalue weighted by Gasteiger charge is 2.11. The molecule has 0 aliphatic rings. The maximum absolute atomic E-state index is 12.3. The van der Waals surface area contributed by atoms with Crippen LogP contribution in [0.4, 0.5) is 11.4 Å². The molecule has 0 radical (unpaired) electrons. The highest BCUT2D eigenvalue weighted by atomic mass is 35.5. The predicted molar refractivity (Wildman–Crippen MR) is 96.6 cm³/mol. The average molecular weight is 332 g/mol. The second kappa shape index (κ2) is 7.97. The lowest BCUT2D eigenvalue weighted by Gasteiger charge is -2.18. The molecule has 0 spiro atoms. The van der Waals surface area contributed by atoms with Crippen LogP contribution in [0.1, 0.15) is 35.8 Å². The summed E-state index contributed by atoms with van der Waals surface area (Å²) in [5, 5.41) is 3.48. The van der Waals surface area contributed by atoms with Crippen LogP contribution in [0.25, 0.3) is 0 Å². The molecular weight excluding hydrogens is 310 g/mol. The van der Waals surface area contributed by atoms with E-state index in [1.165, 1.54) is 0 Å². The molecule has 2 aromatic rings. The standard InChI is InChI=1S/C18H22ClN3O/c1-4-5-11-22(3)14-9-10-17(20-12-14)18(23)21-16-8-6-7-15(19)13(16)2/h6-10,12H,4-5,11H2,1-3H3,(H,21,23). The number of hydrogen-bond donors (Lipinski definition) is 1. The van der Waals surface area contributed by atoms with Crippen LogP contribution in [0.3, 0.4) is 0 Å². The lowest BCUT2D eigenvalue weighted by Crippen LogP contribution is -2.19. The van der Waals surface area contributed by atoms with Gasteiger partial charge >= 0.3 is 0 Å². The first kappa shape index (κ1) is 17.3. The van der Waals surface area contributed by atoms with Gasteiger partial charge in [-0.05, 0) is 43.2 Å². The Morgan fingerprint density at radius 1 is 1.30 bits per heavy atom. The largest absolute Gasteiger partial charge is 0.373 e. The molecule has 2 rings (SSSR count). The fourth-order valence-corrected chi connectivity index (χ4v) is 2.37. The first-order chi connectivity index (χ1) is 11.0. The van der Waals surface area contributed by atoms with E-state index in [1.54, 1.807) is 18.3 Å². The number of rotatable bonds is 6. The average Bonchev–Trinajstić information content (AvgIpc) is 2.57.